The first-order chi connectivity index (χ1) is 13.1. The van der Waals surface area contributed by atoms with E-state index in [9.17, 15) is 17.6 Å². The summed E-state index contributed by atoms with van der Waals surface area (Å²) < 4.78 is 60.1. The van der Waals surface area contributed by atoms with E-state index in [0.29, 0.717) is 5.57 Å². The lowest BCUT2D eigenvalue weighted by Gasteiger charge is -2.08. The molecule has 0 aliphatic rings. The van der Waals surface area contributed by atoms with Crippen molar-refractivity contribution in [1.82, 2.24) is 0 Å². The zero-order chi connectivity index (χ0) is 21.4. The zero-order valence-electron chi connectivity index (χ0n) is 15.9. The van der Waals surface area contributed by atoms with Crippen LogP contribution in [0.25, 0.3) is 6.08 Å². The van der Waals surface area contributed by atoms with Gasteiger partial charge in [0.25, 0.3) is 0 Å². The largest absolute Gasteiger partial charge is 0.491 e. The van der Waals surface area contributed by atoms with Crippen LogP contribution in [0, 0.1) is 18.6 Å². The number of hydrogen-bond donors (Lipinski definition) is 0. The minimum absolute atomic E-state index is 0.0615. The average Bonchev–Trinajstić information content (AvgIpc) is 2.68. The lowest BCUT2D eigenvalue weighted by molar-refractivity contribution is 0.224. The number of hydrogen-bond acceptors (Lipinski definition) is 1. The van der Waals surface area contributed by atoms with Gasteiger partial charge in [-0.15, -0.1) is 0 Å². The van der Waals surface area contributed by atoms with E-state index in [0.717, 1.165) is 0 Å². The van der Waals surface area contributed by atoms with Crippen LogP contribution in [0.5, 0.6) is 0 Å². The number of aryl methyl sites for hydroxylation is 1. The van der Waals surface area contributed by atoms with Crippen molar-refractivity contribution < 1.29 is 22.3 Å². The van der Waals surface area contributed by atoms with Crippen LogP contribution in [0.4, 0.5) is 17.6 Å². The topological polar surface area (TPSA) is 9.23 Å². The molecule has 1 aromatic rings. The van der Waals surface area contributed by atoms with Crippen molar-refractivity contribution in [3.05, 3.63) is 114 Å². The van der Waals surface area contributed by atoms with Crippen LogP contribution in [0.15, 0.2) is 90.8 Å². The number of halogens is 4. The molecule has 0 amide bonds. The molecule has 28 heavy (non-hydrogen) atoms. The summed E-state index contributed by atoms with van der Waals surface area (Å²) in [6.07, 6.45) is 5.63. The maximum Gasteiger partial charge on any atom is 0.200 e. The molecular weight excluding hydrogens is 368 g/mol. The van der Waals surface area contributed by atoms with Gasteiger partial charge in [-0.1, -0.05) is 62.8 Å². The Morgan fingerprint density at radius 2 is 1.61 bits per heavy atom. The number of benzene rings is 1. The Labute approximate surface area is 163 Å². The van der Waals surface area contributed by atoms with Crippen molar-refractivity contribution in [2.45, 2.75) is 13.8 Å². The molecule has 0 aliphatic heterocycles. The van der Waals surface area contributed by atoms with Gasteiger partial charge < -0.3 is 4.74 Å². The summed E-state index contributed by atoms with van der Waals surface area (Å²) in [6.45, 7) is 17.3. The third-order valence-electron chi connectivity index (χ3n) is 3.69. The molecule has 0 saturated carbocycles. The number of rotatable bonds is 9. The van der Waals surface area contributed by atoms with Gasteiger partial charge in [-0.2, -0.15) is 4.39 Å². The Bertz CT molecular complexity index is 901. The van der Waals surface area contributed by atoms with E-state index in [1.807, 2.05) is 0 Å². The monoisotopic (exact) mass is 390 g/mol. The molecule has 0 aliphatic carbocycles. The van der Waals surface area contributed by atoms with Crippen molar-refractivity contribution in [2.75, 3.05) is 6.61 Å². The van der Waals surface area contributed by atoms with E-state index in [-0.39, 0.29) is 28.9 Å². The molecule has 0 N–H and O–H groups in total. The molecule has 0 bridgehead atoms. The second-order valence-electron chi connectivity index (χ2n) is 5.83. The first-order valence-corrected chi connectivity index (χ1v) is 8.35. The summed E-state index contributed by atoms with van der Waals surface area (Å²) in [4.78, 5) is 0. The van der Waals surface area contributed by atoms with Crippen LogP contribution in [0.2, 0.25) is 0 Å². The van der Waals surface area contributed by atoms with Crippen LogP contribution in [-0.2, 0) is 4.74 Å². The maximum absolute atomic E-state index is 14.1. The van der Waals surface area contributed by atoms with E-state index in [4.69, 9.17) is 4.74 Å². The lowest BCUT2D eigenvalue weighted by atomic mass is 10.1. The third kappa shape index (κ3) is 5.98. The van der Waals surface area contributed by atoms with Gasteiger partial charge in [0.05, 0.1) is 6.61 Å². The summed E-state index contributed by atoms with van der Waals surface area (Å²) in [5.41, 5.74) is 0.485. The third-order valence-corrected chi connectivity index (χ3v) is 3.69. The molecule has 1 nitrogen and oxygen atoms in total. The van der Waals surface area contributed by atoms with Crippen LogP contribution in [0.1, 0.15) is 18.1 Å². The molecule has 0 atom stereocenters. The van der Waals surface area contributed by atoms with E-state index < -0.39 is 29.0 Å². The molecule has 0 fully saturated rings. The Morgan fingerprint density at radius 3 is 2.21 bits per heavy atom. The minimum atomic E-state index is -1.25. The van der Waals surface area contributed by atoms with Crippen molar-refractivity contribution in [2.24, 2.45) is 0 Å². The molecule has 0 saturated heterocycles. The van der Waals surface area contributed by atoms with Gasteiger partial charge in [0.2, 0.25) is 5.83 Å². The van der Waals surface area contributed by atoms with E-state index in [1.54, 1.807) is 6.92 Å². The van der Waals surface area contributed by atoms with Crippen molar-refractivity contribution >= 4 is 6.08 Å². The second-order valence-corrected chi connectivity index (χ2v) is 5.83. The van der Waals surface area contributed by atoms with Crippen LogP contribution < -0.4 is 0 Å². The molecule has 0 unspecified atom stereocenters. The SMILES string of the molecule is C=C(/C=C\C(=C)C(=C)/C(F)=C(/F)C(=C)OCC)/C=C/c1ccc(C)c(F)c1F. The summed E-state index contributed by atoms with van der Waals surface area (Å²) >= 11 is 0. The van der Waals surface area contributed by atoms with Gasteiger partial charge in [-0.3, -0.25) is 0 Å². The van der Waals surface area contributed by atoms with Gasteiger partial charge in [0, 0.05) is 11.1 Å². The number of ether oxygens (including phenoxy) is 1. The predicted octanol–water partition coefficient (Wildman–Crippen LogP) is 7.21. The molecule has 0 aromatic heterocycles. The van der Waals surface area contributed by atoms with E-state index >= 15 is 0 Å². The summed E-state index contributed by atoms with van der Waals surface area (Å²) in [5.74, 6) is -4.78. The molecule has 1 aromatic carbocycles. The highest BCUT2D eigenvalue weighted by Gasteiger charge is 2.15. The molecule has 148 valence electrons. The van der Waals surface area contributed by atoms with Gasteiger partial charge >= 0.3 is 0 Å². The lowest BCUT2D eigenvalue weighted by Crippen LogP contribution is -1.95. The molecule has 0 heterocycles. The fraction of sp³-hybridized carbons (Fsp3) is 0.130. The Hall–Kier alpha value is -3.08. The highest BCUT2D eigenvalue weighted by molar-refractivity contribution is 5.57. The fourth-order valence-corrected chi connectivity index (χ4v) is 1.98. The quantitative estimate of drug-likeness (QED) is 0.246. The smallest absolute Gasteiger partial charge is 0.200 e. The molecule has 5 heteroatoms. The van der Waals surface area contributed by atoms with Crippen molar-refractivity contribution in [1.29, 1.82) is 0 Å². The Kier molecular flexibility index (Phi) is 8.45. The van der Waals surface area contributed by atoms with Gasteiger partial charge in [-0.05, 0) is 30.6 Å². The second kappa shape index (κ2) is 10.3. The first-order valence-electron chi connectivity index (χ1n) is 8.35. The highest BCUT2D eigenvalue weighted by atomic mass is 19.2. The average molecular weight is 390 g/mol. The molecule has 0 spiro atoms. The Morgan fingerprint density at radius 1 is 0.964 bits per heavy atom. The van der Waals surface area contributed by atoms with Gasteiger partial charge in [0.15, 0.2) is 23.2 Å². The van der Waals surface area contributed by atoms with Crippen LogP contribution in [0.3, 0.4) is 0 Å². The number of allylic oxidation sites excluding steroid dienone is 8. The van der Waals surface area contributed by atoms with Gasteiger partial charge in [-0.25, -0.2) is 13.2 Å². The van der Waals surface area contributed by atoms with E-state index in [2.05, 4.69) is 26.3 Å². The van der Waals surface area contributed by atoms with E-state index in [1.165, 1.54) is 43.4 Å². The molecule has 0 radical (unpaired) electrons. The fourth-order valence-electron chi connectivity index (χ4n) is 1.98. The molecule has 1 rings (SSSR count). The highest BCUT2D eigenvalue weighted by Crippen LogP contribution is 2.27. The maximum atomic E-state index is 14.1. The predicted molar refractivity (Wildman–Crippen MR) is 107 cm³/mol. The van der Waals surface area contributed by atoms with Crippen LogP contribution in [-0.4, -0.2) is 6.61 Å². The normalized spacial score (nSPS) is 12.2. The summed E-state index contributed by atoms with van der Waals surface area (Å²) in [6, 6.07) is 2.90. The molecular formula is C23H22F4O. The zero-order valence-corrected chi connectivity index (χ0v) is 15.9. The van der Waals surface area contributed by atoms with Gasteiger partial charge in [0.1, 0.15) is 0 Å². The van der Waals surface area contributed by atoms with Crippen molar-refractivity contribution in [3.63, 3.8) is 0 Å². The Balaban J connectivity index is 2.85. The van der Waals surface area contributed by atoms with Crippen LogP contribution >= 0.6 is 0 Å². The first kappa shape index (κ1) is 23.0. The standard InChI is InChI=1S/C23H22F4O/c1-7-28-18(6)22(26)21(25)17(5)15(3)10-8-14(2)9-12-19-13-11-16(4)20(24)23(19)27/h8-13H,2-3,5-7H2,1,4H3/b10-8-,12-9+,22-21-. The summed E-state index contributed by atoms with van der Waals surface area (Å²) in [5, 5.41) is 0. The van der Waals surface area contributed by atoms with Crippen molar-refractivity contribution in [3.8, 4) is 0 Å². The minimum Gasteiger partial charge on any atom is -0.491 e. The summed E-state index contributed by atoms with van der Waals surface area (Å²) in [7, 11) is 0.